The summed E-state index contributed by atoms with van der Waals surface area (Å²) < 4.78 is 14.9. The average molecular weight is 237 g/mol. The van der Waals surface area contributed by atoms with Crippen molar-refractivity contribution in [3.63, 3.8) is 0 Å². The summed E-state index contributed by atoms with van der Waals surface area (Å²) in [5.74, 6) is 0.402. The van der Waals surface area contributed by atoms with E-state index in [1.54, 1.807) is 24.6 Å². The predicted molar refractivity (Wildman–Crippen MR) is 64.1 cm³/mol. The van der Waals surface area contributed by atoms with Crippen LogP contribution in [0.25, 0.3) is 11.0 Å². The van der Waals surface area contributed by atoms with Crippen LogP contribution in [0.4, 0.5) is 4.39 Å². The molecular weight excluding hydrogens is 221 g/mol. The molecule has 2 rings (SSSR count). The number of hydrogen-bond acceptors (Lipinski definition) is 3. The van der Waals surface area contributed by atoms with Gasteiger partial charge in [-0.15, -0.1) is 0 Å². The molecule has 0 aliphatic carbocycles. The van der Waals surface area contributed by atoms with Crippen molar-refractivity contribution < 1.29 is 9.50 Å². The van der Waals surface area contributed by atoms with E-state index in [2.05, 4.69) is 4.98 Å². The lowest BCUT2D eigenvalue weighted by Gasteiger charge is -2.20. The van der Waals surface area contributed by atoms with E-state index in [-0.39, 0.29) is 12.4 Å². The Hall–Kier alpha value is -1.46. The molecule has 0 saturated heterocycles. The number of hydrogen-bond donors (Lipinski definition) is 2. The van der Waals surface area contributed by atoms with Crippen LogP contribution >= 0.6 is 0 Å². The summed E-state index contributed by atoms with van der Waals surface area (Å²) >= 11 is 0. The second-order valence-corrected chi connectivity index (χ2v) is 4.60. The number of halogens is 1. The Balaban J connectivity index is 2.46. The van der Waals surface area contributed by atoms with E-state index in [1.807, 2.05) is 0 Å². The molecule has 0 aliphatic heterocycles. The highest BCUT2D eigenvalue weighted by Crippen LogP contribution is 2.19. The Morgan fingerprint density at radius 2 is 2.24 bits per heavy atom. The third kappa shape index (κ3) is 2.30. The molecule has 0 radical (unpaired) electrons. The quantitative estimate of drug-likeness (QED) is 0.836. The van der Waals surface area contributed by atoms with Gasteiger partial charge in [-0.05, 0) is 25.1 Å². The topological polar surface area (TPSA) is 64.1 Å². The van der Waals surface area contributed by atoms with Crippen LogP contribution in [-0.2, 0) is 13.5 Å². The molecule has 1 unspecified atom stereocenters. The van der Waals surface area contributed by atoms with Crippen molar-refractivity contribution in [2.24, 2.45) is 12.8 Å². The Morgan fingerprint density at radius 3 is 2.88 bits per heavy atom. The summed E-state index contributed by atoms with van der Waals surface area (Å²) in [4.78, 5) is 4.37. The van der Waals surface area contributed by atoms with Crippen molar-refractivity contribution in [2.75, 3.05) is 6.54 Å². The number of nitrogens with zero attached hydrogens (tertiary/aromatic N) is 2. The second kappa shape index (κ2) is 4.09. The van der Waals surface area contributed by atoms with E-state index in [4.69, 9.17) is 5.73 Å². The zero-order valence-electron chi connectivity index (χ0n) is 9.94. The first-order valence-electron chi connectivity index (χ1n) is 5.46. The van der Waals surface area contributed by atoms with Gasteiger partial charge in [0.05, 0.1) is 16.6 Å². The molecular formula is C12H16FN3O. The van der Waals surface area contributed by atoms with Gasteiger partial charge in [0.25, 0.3) is 0 Å². The third-order valence-corrected chi connectivity index (χ3v) is 2.91. The van der Waals surface area contributed by atoms with Gasteiger partial charge in [-0.25, -0.2) is 9.37 Å². The van der Waals surface area contributed by atoms with E-state index >= 15 is 0 Å². The fourth-order valence-corrected chi connectivity index (χ4v) is 1.78. The third-order valence-electron chi connectivity index (χ3n) is 2.91. The summed E-state index contributed by atoms with van der Waals surface area (Å²) in [6.07, 6.45) is 0.344. The molecule has 0 amide bonds. The van der Waals surface area contributed by atoms with E-state index < -0.39 is 5.60 Å². The predicted octanol–water partition coefficient (Wildman–Crippen LogP) is 0.965. The van der Waals surface area contributed by atoms with Gasteiger partial charge < -0.3 is 15.4 Å². The lowest BCUT2D eigenvalue weighted by atomic mass is 10.0. The van der Waals surface area contributed by atoms with Crippen molar-refractivity contribution in [1.29, 1.82) is 0 Å². The van der Waals surface area contributed by atoms with Gasteiger partial charge in [0.1, 0.15) is 11.6 Å². The standard InChI is InChI=1S/C12H16FN3O/c1-12(17,7-14)6-11-15-9-4-3-8(13)5-10(9)16(11)2/h3-5,17H,6-7,14H2,1-2H3. The van der Waals surface area contributed by atoms with Crippen molar-refractivity contribution >= 4 is 11.0 Å². The van der Waals surface area contributed by atoms with Crippen LogP contribution in [0.5, 0.6) is 0 Å². The molecule has 1 atom stereocenters. The average Bonchev–Trinajstić information content (AvgIpc) is 2.56. The van der Waals surface area contributed by atoms with Gasteiger partial charge in [0.2, 0.25) is 0 Å². The molecule has 1 aromatic heterocycles. The second-order valence-electron chi connectivity index (χ2n) is 4.60. The molecule has 5 heteroatoms. The Kier molecular flexibility index (Phi) is 2.89. The van der Waals surface area contributed by atoms with Gasteiger partial charge in [-0.1, -0.05) is 0 Å². The zero-order chi connectivity index (χ0) is 12.6. The summed E-state index contributed by atoms with van der Waals surface area (Å²) in [5.41, 5.74) is 5.92. The summed E-state index contributed by atoms with van der Waals surface area (Å²) in [6.45, 7) is 1.82. The maximum Gasteiger partial charge on any atom is 0.125 e. The fourth-order valence-electron chi connectivity index (χ4n) is 1.78. The fraction of sp³-hybridized carbons (Fsp3) is 0.417. The zero-order valence-corrected chi connectivity index (χ0v) is 9.94. The van der Waals surface area contributed by atoms with Crippen molar-refractivity contribution in [3.05, 3.63) is 29.8 Å². The lowest BCUT2D eigenvalue weighted by Crippen LogP contribution is -2.37. The molecule has 0 fully saturated rings. The summed E-state index contributed by atoms with van der Waals surface area (Å²) in [5, 5.41) is 9.93. The van der Waals surface area contributed by atoms with Crippen LogP contribution in [0.15, 0.2) is 18.2 Å². The monoisotopic (exact) mass is 237 g/mol. The first-order valence-corrected chi connectivity index (χ1v) is 5.46. The number of rotatable bonds is 3. The van der Waals surface area contributed by atoms with Crippen molar-refractivity contribution in [2.45, 2.75) is 18.9 Å². The molecule has 92 valence electrons. The minimum absolute atomic E-state index is 0.157. The van der Waals surface area contributed by atoms with E-state index in [9.17, 15) is 9.50 Å². The maximum atomic E-state index is 13.1. The lowest BCUT2D eigenvalue weighted by molar-refractivity contribution is 0.0670. The van der Waals surface area contributed by atoms with Crippen LogP contribution in [0.3, 0.4) is 0 Å². The smallest absolute Gasteiger partial charge is 0.125 e. The highest BCUT2D eigenvalue weighted by Gasteiger charge is 2.22. The summed E-state index contributed by atoms with van der Waals surface area (Å²) in [6, 6.07) is 4.44. The normalized spacial score (nSPS) is 15.1. The van der Waals surface area contributed by atoms with Gasteiger partial charge in [-0.2, -0.15) is 0 Å². The molecule has 17 heavy (non-hydrogen) atoms. The Bertz CT molecular complexity index is 548. The molecule has 1 heterocycles. The number of fused-ring (bicyclic) bond motifs is 1. The number of aliphatic hydroxyl groups is 1. The SMILES string of the molecule is Cn1c(CC(C)(O)CN)nc2ccc(F)cc21. The van der Waals surface area contributed by atoms with E-state index in [1.165, 1.54) is 12.1 Å². The molecule has 1 aromatic carbocycles. The van der Waals surface area contributed by atoms with Crippen LogP contribution in [-0.4, -0.2) is 26.8 Å². The van der Waals surface area contributed by atoms with Gasteiger partial charge >= 0.3 is 0 Å². The molecule has 0 spiro atoms. The van der Waals surface area contributed by atoms with Crippen LogP contribution < -0.4 is 5.73 Å². The molecule has 3 N–H and O–H groups in total. The first kappa shape index (κ1) is 12.0. The van der Waals surface area contributed by atoms with E-state index in [0.29, 0.717) is 17.8 Å². The van der Waals surface area contributed by atoms with Crippen LogP contribution in [0.2, 0.25) is 0 Å². The highest BCUT2D eigenvalue weighted by atomic mass is 19.1. The van der Waals surface area contributed by atoms with Gasteiger partial charge in [0.15, 0.2) is 0 Å². The highest BCUT2D eigenvalue weighted by molar-refractivity contribution is 5.75. The molecule has 0 bridgehead atoms. The number of imidazole rings is 1. The minimum atomic E-state index is -0.992. The number of nitrogens with two attached hydrogens (primary N) is 1. The largest absolute Gasteiger partial charge is 0.388 e. The van der Waals surface area contributed by atoms with Gasteiger partial charge in [-0.3, -0.25) is 0 Å². The first-order chi connectivity index (χ1) is 7.93. The molecule has 2 aromatic rings. The van der Waals surface area contributed by atoms with Crippen LogP contribution in [0.1, 0.15) is 12.7 Å². The Labute approximate surface area is 98.9 Å². The summed E-state index contributed by atoms with van der Waals surface area (Å²) in [7, 11) is 1.80. The minimum Gasteiger partial charge on any atom is -0.388 e. The number of aromatic nitrogens is 2. The molecule has 0 saturated carbocycles. The number of aryl methyl sites for hydroxylation is 1. The van der Waals surface area contributed by atoms with Crippen molar-refractivity contribution in [1.82, 2.24) is 9.55 Å². The maximum absolute atomic E-state index is 13.1. The van der Waals surface area contributed by atoms with E-state index in [0.717, 1.165) is 5.52 Å². The molecule has 4 nitrogen and oxygen atoms in total. The number of benzene rings is 1. The van der Waals surface area contributed by atoms with Crippen molar-refractivity contribution in [3.8, 4) is 0 Å². The van der Waals surface area contributed by atoms with Gasteiger partial charge in [0, 0.05) is 20.0 Å². The Morgan fingerprint density at radius 1 is 1.53 bits per heavy atom. The van der Waals surface area contributed by atoms with Crippen LogP contribution in [0, 0.1) is 5.82 Å². The molecule has 0 aliphatic rings.